The van der Waals surface area contributed by atoms with E-state index in [0.29, 0.717) is 30.6 Å². The minimum Gasteiger partial charge on any atom is -0.481 e. The lowest BCUT2D eigenvalue weighted by Gasteiger charge is -2.36. The largest absolute Gasteiger partial charge is 0.481 e. The van der Waals surface area contributed by atoms with Crippen LogP contribution in [0.5, 0.6) is 0 Å². The Kier molecular flexibility index (Phi) is 9.30. The topological polar surface area (TPSA) is 100 Å². The number of hydrogen-bond acceptors (Lipinski definition) is 5. The number of carbonyl (C=O) groups is 2. The van der Waals surface area contributed by atoms with Gasteiger partial charge in [-0.15, -0.1) is 0 Å². The Balaban J connectivity index is 1.92. The Morgan fingerprint density at radius 1 is 1.15 bits per heavy atom. The Hall–Kier alpha value is -3.10. The van der Waals surface area contributed by atoms with Gasteiger partial charge in [-0.25, -0.2) is 4.79 Å². The van der Waals surface area contributed by atoms with Gasteiger partial charge in [-0.1, -0.05) is 23.8 Å². The molecule has 184 valence electrons. The number of ether oxygens (including phenoxy) is 2. The molecule has 0 saturated carbocycles. The van der Waals surface area contributed by atoms with Gasteiger partial charge in [0, 0.05) is 44.5 Å². The normalized spacial score (nSPS) is 14.9. The van der Waals surface area contributed by atoms with Crippen LogP contribution in [0, 0.1) is 6.92 Å². The molecule has 2 aromatic carbocycles. The minimum atomic E-state index is -0.893. The highest BCUT2D eigenvalue weighted by atomic mass is 16.5. The number of anilines is 3. The van der Waals surface area contributed by atoms with Crippen LogP contribution < -0.4 is 15.5 Å². The Morgan fingerprint density at radius 3 is 2.47 bits per heavy atom. The van der Waals surface area contributed by atoms with Crippen molar-refractivity contribution in [1.29, 1.82) is 0 Å². The summed E-state index contributed by atoms with van der Waals surface area (Å²) in [5.74, 6) is -1.22. The lowest BCUT2D eigenvalue weighted by Crippen LogP contribution is -2.40. The van der Waals surface area contributed by atoms with Crippen molar-refractivity contribution in [3.8, 4) is 0 Å². The summed E-state index contributed by atoms with van der Waals surface area (Å²) in [6, 6.07) is 13.3. The molecule has 2 aromatic rings. The van der Waals surface area contributed by atoms with Crippen LogP contribution in [0.3, 0.4) is 0 Å². The van der Waals surface area contributed by atoms with Crippen molar-refractivity contribution in [1.82, 2.24) is 0 Å². The summed E-state index contributed by atoms with van der Waals surface area (Å²) in [7, 11) is 1.56. The molecular weight excluding hydrogens is 434 g/mol. The van der Waals surface area contributed by atoms with E-state index in [0.717, 1.165) is 36.2 Å². The number of amides is 2. The fraction of sp³-hybridized carbons (Fsp3) is 0.462. The molecule has 0 bridgehead atoms. The molecule has 3 N–H and O–H groups in total. The second-order valence-corrected chi connectivity index (χ2v) is 8.60. The number of carboxylic acids is 1. The lowest BCUT2D eigenvalue weighted by molar-refractivity contribution is -0.137. The molecule has 0 radical (unpaired) electrons. The Morgan fingerprint density at radius 2 is 1.85 bits per heavy atom. The molecule has 0 spiro atoms. The van der Waals surface area contributed by atoms with Gasteiger partial charge in [0.2, 0.25) is 0 Å². The van der Waals surface area contributed by atoms with E-state index in [1.54, 1.807) is 7.11 Å². The first-order valence-electron chi connectivity index (χ1n) is 11.7. The lowest BCUT2D eigenvalue weighted by atomic mass is 9.95. The van der Waals surface area contributed by atoms with Crippen LogP contribution in [0.4, 0.5) is 21.9 Å². The minimum absolute atomic E-state index is 0.0559. The summed E-state index contributed by atoms with van der Waals surface area (Å²) >= 11 is 0. The standard InChI is InChI=1S/C26H35N3O5/c1-4-29(22-11-13-34-14-12-22)24-10-7-19(20(17-33-3)16-25(30)31)15-23(24)28-26(32)27-21-8-5-18(2)6-9-21/h5-10,15,20,22H,4,11-14,16-17H2,1-3H3,(H,30,31)(H2,27,28,32)/t20-/m1/s1. The van der Waals surface area contributed by atoms with Gasteiger partial charge in [-0.05, 0) is 56.5 Å². The van der Waals surface area contributed by atoms with E-state index in [9.17, 15) is 14.7 Å². The smallest absolute Gasteiger partial charge is 0.323 e. The SMILES string of the molecule is CCN(c1ccc([C@@H](COC)CC(=O)O)cc1NC(=O)Nc1ccc(C)cc1)C1CCOCC1. The van der Waals surface area contributed by atoms with Crippen LogP contribution in [0.25, 0.3) is 0 Å². The zero-order valence-corrected chi connectivity index (χ0v) is 20.2. The zero-order valence-electron chi connectivity index (χ0n) is 20.2. The summed E-state index contributed by atoms with van der Waals surface area (Å²) in [4.78, 5) is 26.6. The first-order chi connectivity index (χ1) is 16.4. The zero-order chi connectivity index (χ0) is 24.5. The molecule has 0 aromatic heterocycles. The fourth-order valence-corrected chi connectivity index (χ4v) is 4.39. The van der Waals surface area contributed by atoms with E-state index in [4.69, 9.17) is 9.47 Å². The number of aryl methyl sites for hydroxylation is 1. The van der Waals surface area contributed by atoms with Gasteiger partial charge in [-0.2, -0.15) is 0 Å². The molecule has 3 rings (SSSR count). The van der Waals surface area contributed by atoms with Crippen molar-refractivity contribution in [2.75, 3.05) is 49.0 Å². The average molecular weight is 470 g/mol. The third kappa shape index (κ3) is 6.95. The summed E-state index contributed by atoms with van der Waals surface area (Å²) in [6.07, 6.45) is 1.77. The average Bonchev–Trinajstić information content (AvgIpc) is 2.82. The van der Waals surface area contributed by atoms with Crippen LogP contribution in [0.1, 0.15) is 43.2 Å². The number of hydrogen-bond donors (Lipinski definition) is 3. The maximum atomic E-state index is 12.9. The number of methoxy groups -OCH3 is 1. The number of nitrogens with one attached hydrogen (secondary N) is 2. The molecule has 0 unspecified atom stereocenters. The summed E-state index contributed by atoms with van der Waals surface area (Å²) in [5, 5.41) is 15.3. The molecular formula is C26H35N3O5. The number of nitrogens with zero attached hydrogens (tertiary/aromatic N) is 1. The van der Waals surface area contributed by atoms with Gasteiger partial charge in [-0.3, -0.25) is 4.79 Å². The number of carboxylic acid groups (broad SMARTS) is 1. The molecule has 0 aliphatic carbocycles. The molecule has 1 atom stereocenters. The maximum absolute atomic E-state index is 12.9. The first-order valence-corrected chi connectivity index (χ1v) is 11.7. The number of aliphatic carboxylic acids is 1. The second kappa shape index (κ2) is 12.4. The van der Waals surface area contributed by atoms with Crippen molar-refractivity contribution in [3.05, 3.63) is 53.6 Å². The Labute approximate surface area is 201 Å². The van der Waals surface area contributed by atoms with Crippen LogP contribution >= 0.6 is 0 Å². The third-order valence-corrected chi connectivity index (χ3v) is 6.12. The number of benzene rings is 2. The van der Waals surface area contributed by atoms with Crippen molar-refractivity contribution >= 4 is 29.1 Å². The van der Waals surface area contributed by atoms with Gasteiger partial charge in [0.15, 0.2) is 0 Å². The first kappa shape index (κ1) is 25.5. The van der Waals surface area contributed by atoms with E-state index in [2.05, 4.69) is 22.5 Å². The monoisotopic (exact) mass is 469 g/mol. The van der Waals surface area contributed by atoms with Crippen molar-refractivity contribution in [2.24, 2.45) is 0 Å². The quantitative estimate of drug-likeness (QED) is 0.460. The molecule has 8 heteroatoms. The van der Waals surface area contributed by atoms with E-state index in [1.165, 1.54) is 0 Å². The maximum Gasteiger partial charge on any atom is 0.323 e. The molecule has 8 nitrogen and oxygen atoms in total. The molecule has 2 amide bonds. The van der Waals surface area contributed by atoms with Crippen LogP contribution in [0.15, 0.2) is 42.5 Å². The van der Waals surface area contributed by atoms with Crippen molar-refractivity contribution in [3.63, 3.8) is 0 Å². The van der Waals surface area contributed by atoms with E-state index >= 15 is 0 Å². The van der Waals surface area contributed by atoms with E-state index < -0.39 is 5.97 Å². The molecule has 1 aliphatic heterocycles. The third-order valence-electron chi connectivity index (χ3n) is 6.12. The number of urea groups is 1. The van der Waals surface area contributed by atoms with Gasteiger partial charge in [0.05, 0.1) is 24.4 Å². The van der Waals surface area contributed by atoms with Crippen molar-refractivity contribution < 1.29 is 24.2 Å². The molecule has 1 saturated heterocycles. The number of carbonyl (C=O) groups excluding carboxylic acids is 1. The van der Waals surface area contributed by atoms with E-state index in [1.807, 2.05) is 49.4 Å². The van der Waals surface area contributed by atoms with Crippen molar-refractivity contribution in [2.45, 2.75) is 45.1 Å². The van der Waals surface area contributed by atoms with Crippen LogP contribution in [-0.2, 0) is 14.3 Å². The molecule has 34 heavy (non-hydrogen) atoms. The highest BCUT2D eigenvalue weighted by Gasteiger charge is 2.25. The predicted molar refractivity (Wildman–Crippen MR) is 134 cm³/mol. The van der Waals surface area contributed by atoms with Crippen LogP contribution in [0.2, 0.25) is 0 Å². The fourth-order valence-electron chi connectivity index (χ4n) is 4.39. The van der Waals surface area contributed by atoms with Gasteiger partial charge in [0.25, 0.3) is 0 Å². The highest BCUT2D eigenvalue weighted by Crippen LogP contribution is 2.34. The second-order valence-electron chi connectivity index (χ2n) is 8.60. The van der Waals surface area contributed by atoms with Gasteiger partial charge in [0.1, 0.15) is 0 Å². The number of rotatable bonds is 10. The van der Waals surface area contributed by atoms with Gasteiger partial charge >= 0.3 is 12.0 Å². The summed E-state index contributed by atoms with van der Waals surface area (Å²) < 4.78 is 10.8. The van der Waals surface area contributed by atoms with Crippen LogP contribution in [-0.4, -0.2) is 56.6 Å². The van der Waals surface area contributed by atoms with E-state index in [-0.39, 0.29) is 25.0 Å². The molecule has 1 heterocycles. The highest BCUT2D eigenvalue weighted by molar-refractivity contribution is 6.02. The summed E-state index contributed by atoms with van der Waals surface area (Å²) in [5.41, 5.74) is 4.16. The van der Waals surface area contributed by atoms with Gasteiger partial charge < -0.3 is 30.1 Å². The Bertz CT molecular complexity index is 957. The molecule has 1 fully saturated rings. The predicted octanol–water partition coefficient (Wildman–Crippen LogP) is 4.85. The summed E-state index contributed by atoms with van der Waals surface area (Å²) in [6.45, 7) is 6.56. The molecule has 1 aliphatic rings.